The van der Waals surface area contributed by atoms with E-state index in [0.29, 0.717) is 28.0 Å². The van der Waals surface area contributed by atoms with Crippen molar-refractivity contribution in [2.24, 2.45) is 0 Å². The number of aromatic nitrogens is 2. The average Bonchev–Trinajstić information content (AvgIpc) is 2.96. The Hall–Kier alpha value is -3.28. The van der Waals surface area contributed by atoms with Crippen molar-refractivity contribution in [3.63, 3.8) is 0 Å². The third-order valence-corrected chi connectivity index (χ3v) is 4.62. The molecule has 0 aliphatic carbocycles. The van der Waals surface area contributed by atoms with E-state index in [9.17, 15) is 9.90 Å². The second kappa shape index (κ2) is 5.87. The fourth-order valence-corrected chi connectivity index (χ4v) is 3.03. The molecule has 2 aliphatic heterocycles. The van der Waals surface area contributed by atoms with Crippen LogP contribution in [0.15, 0.2) is 51.7 Å². The first-order chi connectivity index (χ1) is 12.8. The van der Waals surface area contributed by atoms with Gasteiger partial charge in [0, 0.05) is 5.39 Å². The maximum absolute atomic E-state index is 12.8. The minimum atomic E-state index is -0.276. The smallest absolute Gasteiger partial charge is 0.284 e. The molecule has 0 atom stereocenters. The minimum absolute atomic E-state index is 0.0331. The van der Waals surface area contributed by atoms with Crippen molar-refractivity contribution in [2.75, 3.05) is 7.11 Å². The second-order valence-electron chi connectivity index (χ2n) is 7.54. The molecule has 0 spiro atoms. The van der Waals surface area contributed by atoms with E-state index in [2.05, 4.69) is 25.9 Å². The number of ether oxygens (including phenoxy) is 1. The summed E-state index contributed by atoms with van der Waals surface area (Å²) in [6, 6.07) is 12.4. The Morgan fingerprint density at radius 1 is 1.11 bits per heavy atom. The molecule has 138 valence electrons. The van der Waals surface area contributed by atoms with Gasteiger partial charge in [-0.3, -0.25) is 4.79 Å². The zero-order valence-electron chi connectivity index (χ0n) is 15.6. The number of hydrogen-bond acceptors (Lipinski definition) is 5. The van der Waals surface area contributed by atoms with Gasteiger partial charge >= 0.3 is 0 Å². The molecule has 2 aliphatic rings. The SMILES string of the molecule is COc1ccc(-n2nc3oc4c(O)cc(C(C)(C)C)cc4cc-3c2=O)cc1. The van der Waals surface area contributed by atoms with E-state index in [1.807, 2.05) is 6.07 Å². The summed E-state index contributed by atoms with van der Waals surface area (Å²) < 4.78 is 12.2. The summed E-state index contributed by atoms with van der Waals surface area (Å²) in [6.45, 7) is 6.18. The molecule has 6 nitrogen and oxygen atoms in total. The quantitative estimate of drug-likeness (QED) is 0.579. The van der Waals surface area contributed by atoms with Gasteiger partial charge in [0.1, 0.15) is 11.3 Å². The van der Waals surface area contributed by atoms with Crippen LogP contribution in [-0.4, -0.2) is 22.0 Å². The summed E-state index contributed by atoms with van der Waals surface area (Å²) in [5.41, 5.74) is 1.82. The molecule has 0 saturated heterocycles. The summed E-state index contributed by atoms with van der Waals surface area (Å²) in [5, 5.41) is 15.4. The van der Waals surface area contributed by atoms with Crippen LogP contribution in [0.2, 0.25) is 0 Å². The summed E-state index contributed by atoms with van der Waals surface area (Å²) in [5.74, 6) is 0.908. The predicted octanol–water partition coefficient (Wildman–Crippen LogP) is 4.10. The number of aromatic hydroxyl groups is 1. The Bertz CT molecular complexity index is 1160. The monoisotopic (exact) mass is 364 g/mol. The predicted molar refractivity (Wildman–Crippen MR) is 103 cm³/mol. The van der Waals surface area contributed by atoms with E-state index in [0.717, 1.165) is 5.56 Å². The van der Waals surface area contributed by atoms with Crippen LogP contribution in [0.4, 0.5) is 0 Å². The van der Waals surface area contributed by atoms with Gasteiger partial charge in [0.25, 0.3) is 5.56 Å². The Kier molecular flexibility index (Phi) is 3.73. The van der Waals surface area contributed by atoms with Crippen LogP contribution >= 0.6 is 0 Å². The van der Waals surface area contributed by atoms with E-state index in [1.54, 1.807) is 43.5 Å². The Balaban J connectivity index is 1.94. The number of nitrogens with zero attached hydrogens (tertiary/aromatic N) is 2. The van der Waals surface area contributed by atoms with E-state index < -0.39 is 0 Å². The van der Waals surface area contributed by atoms with Crippen molar-refractivity contribution in [2.45, 2.75) is 26.2 Å². The Labute approximate surface area is 156 Å². The lowest BCUT2D eigenvalue weighted by Crippen LogP contribution is -2.14. The van der Waals surface area contributed by atoms with Crippen LogP contribution in [-0.2, 0) is 5.41 Å². The fourth-order valence-electron chi connectivity index (χ4n) is 3.03. The van der Waals surface area contributed by atoms with Crippen LogP contribution in [0.1, 0.15) is 26.3 Å². The molecule has 1 N–H and O–H groups in total. The second-order valence-corrected chi connectivity index (χ2v) is 7.54. The molecule has 0 fully saturated rings. The van der Waals surface area contributed by atoms with Gasteiger partial charge in [0.2, 0.25) is 5.89 Å². The lowest BCUT2D eigenvalue weighted by Gasteiger charge is -2.19. The first-order valence-corrected chi connectivity index (χ1v) is 8.62. The molecular formula is C21H20N2O4. The highest BCUT2D eigenvalue weighted by molar-refractivity contribution is 5.87. The summed E-state index contributed by atoms with van der Waals surface area (Å²) in [4.78, 5) is 12.8. The molecule has 6 heteroatoms. The van der Waals surface area contributed by atoms with Gasteiger partial charge in [-0.05, 0) is 53.4 Å². The van der Waals surface area contributed by atoms with Crippen molar-refractivity contribution in [3.05, 3.63) is 58.4 Å². The van der Waals surface area contributed by atoms with Crippen LogP contribution in [0.25, 0.3) is 28.1 Å². The number of hydrogen-bond donors (Lipinski definition) is 1. The molecule has 27 heavy (non-hydrogen) atoms. The maximum Gasteiger partial charge on any atom is 0.284 e. The third kappa shape index (κ3) is 2.83. The highest BCUT2D eigenvalue weighted by Crippen LogP contribution is 2.35. The lowest BCUT2D eigenvalue weighted by atomic mass is 9.86. The topological polar surface area (TPSA) is 77.5 Å². The van der Waals surface area contributed by atoms with E-state index in [1.165, 1.54) is 4.68 Å². The molecule has 0 bridgehead atoms. The number of phenolic OH excluding ortho intramolecular Hbond substituents is 1. The molecule has 0 amide bonds. The first-order valence-electron chi connectivity index (χ1n) is 8.62. The maximum atomic E-state index is 12.8. The van der Waals surface area contributed by atoms with Crippen molar-refractivity contribution in [1.29, 1.82) is 0 Å². The highest BCUT2D eigenvalue weighted by Gasteiger charge is 2.23. The zero-order chi connectivity index (χ0) is 19.3. The van der Waals surface area contributed by atoms with Gasteiger partial charge in [-0.25, -0.2) is 0 Å². The van der Waals surface area contributed by atoms with Gasteiger partial charge < -0.3 is 14.3 Å². The molecule has 2 heterocycles. The lowest BCUT2D eigenvalue weighted by molar-refractivity contribution is 0.414. The Morgan fingerprint density at radius 3 is 2.44 bits per heavy atom. The number of rotatable bonds is 2. The van der Waals surface area contributed by atoms with Crippen LogP contribution < -0.4 is 10.3 Å². The average molecular weight is 364 g/mol. The molecule has 0 unspecified atom stereocenters. The summed E-state index contributed by atoms with van der Waals surface area (Å²) in [6.07, 6.45) is 0. The van der Waals surface area contributed by atoms with Gasteiger partial charge in [0.05, 0.1) is 12.8 Å². The molecule has 0 saturated carbocycles. The fraction of sp³-hybridized carbons (Fsp3) is 0.238. The zero-order valence-corrected chi connectivity index (χ0v) is 15.6. The summed E-state index contributed by atoms with van der Waals surface area (Å²) >= 11 is 0. The van der Waals surface area contributed by atoms with Crippen LogP contribution in [0, 0.1) is 0 Å². The van der Waals surface area contributed by atoms with Crippen molar-refractivity contribution in [1.82, 2.24) is 9.78 Å². The Morgan fingerprint density at radius 2 is 1.81 bits per heavy atom. The van der Waals surface area contributed by atoms with Crippen LogP contribution in [0.5, 0.6) is 11.5 Å². The molecule has 0 radical (unpaired) electrons. The van der Waals surface area contributed by atoms with E-state index >= 15 is 0 Å². The van der Waals surface area contributed by atoms with Crippen molar-refractivity contribution >= 4 is 11.0 Å². The molecule has 2 aromatic carbocycles. The number of methoxy groups -OCH3 is 1. The van der Waals surface area contributed by atoms with Gasteiger partial charge in [-0.1, -0.05) is 20.8 Å². The van der Waals surface area contributed by atoms with Gasteiger partial charge in [0.15, 0.2) is 11.3 Å². The van der Waals surface area contributed by atoms with Gasteiger partial charge in [-0.2, -0.15) is 4.68 Å². The van der Waals surface area contributed by atoms with Crippen LogP contribution in [0.3, 0.4) is 0 Å². The largest absolute Gasteiger partial charge is 0.504 e. The van der Waals surface area contributed by atoms with E-state index in [4.69, 9.17) is 9.15 Å². The number of phenols is 1. The number of fused-ring (bicyclic) bond motifs is 2. The standard InChI is InChI=1S/C21H20N2O4/c1-21(2,3)13-9-12-10-16-19(27-18(12)17(24)11-13)22-23(20(16)25)14-5-7-15(26-4)8-6-14/h5-11,24H,1-4H3. The molecule has 2 aromatic rings. The third-order valence-electron chi connectivity index (χ3n) is 4.62. The van der Waals surface area contributed by atoms with Gasteiger partial charge in [-0.15, -0.1) is 5.10 Å². The molecule has 4 rings (SSSR count). The van der Waals surface area contributed by atoms with Crippen molar-refractivity contribution in [3.8, 4) is 28.6 Å². The first kappa shape index (κ1) is 17.1. The minimum Gasteiger partial charge on any atom is -0.504 e. The number of benzene rings is 2. The van der Waals surface area contributed by atoms with Crippen molar-refractivity contribution < 1.29 is 14.3 Å². The van der Waals surface area contributed by atoms with E-state index in [-0.39, 0.29) is 22.6 Å². The molecular weight excluding hydrogens is 344 g/mol. The normalized spacial score (nSPS) is 12.0. The highest BCUT2D eigenvalue weighted by atomic mass is 16.5. The molecule has 0 aromatic heterocycles. The summed E-state index contributed by atoms with van der Waals surface area (Å²) in [7, 11) is 1.58.